The fourth-order valence-electron chi connectivity index (χ4n) is 4.23. The molecule has 0 radical (unpaired) electrons. The molecule has 0 unspecified atom stereocenters. The van der Waals surface area contributed by atoms with Crippen LogP contribution in [0.5, 0.6) is 5.75 Å². The van der Waals surface area contributed by atoms with E-state index in [1.165, 1.54) is 10.7 Å². The van der Waals surface area contributed by atoms with E-state index in [4.69, 9.17) is 9.72 Å². The molecule has 0 spiro atoms. The zero-order valence-corrected chi connectivity index (χ0v) is 21.9. The van der Waals surface area contributed by atoms with Crippen LogP contribution >= 0.6 is 15.9 Å². The summed E-state index contributed by atoms with van der Waals surface area (Å²) in [5.74, 6) is 0.830. The van der Waals surface area contributed by atoms with E-state index in [0.29, 0.717) is 40.0 Å². The molecule has 0 N–H and O–H groups in total. The maximum absolute atomic E-state index is 14.2. The fraction of sp³-hybridized carbons (Fsp3) is 0.167. The SMILES string of the molecule is CCCCc1nc2ccc(Br)cc2c(=O)n1N=Cc1c(OCc2ccccc2F)ccc2ccccc12. The van der Waals surface area contributed by atoms with E-state index in [1.807, 2.05) is 48.5 Å². The lowest BCUT2D eigenvalue weighted by molar-refractivity contribution is 0.300. The van der Waals surface area contributed by atoms with Gasteiger partial charge in [0, 0.05) is 22.0 Å². The van der Waals surface area contributed by atoms with Crippen molar-refractivity contribution in [2.45, 2.75) is 32.8 Å². The highest BCUT2D eigenvalue weighted by Gasteiger charge is 2.13. The second kappa shape index (κ2) is 11.0. The molecular weight excluding hydrogens is 533 g/mol. The summed E-state index contributed by atoms with van der Waals surface area (Å²) in [7, 11) is 0. The number of nitrogens with zero attached hydrogens (tertiary/aromatic N) is 3. The Morgan fingerprint density at radius 1 is 1.03 bits per heavy atom. The predicted octanol–water partition coefficient (Wildman–Crippen LogP) is 7.26. The van der Waals surface area contributed by atoms with Crippen LogP contribution in [0.15, 0.2) is 93.2 Å². The molecule has 37 heavy (non-hydrogen) atoms. The lowest BCUT2D eigenvalue weighted by Gasteiger charge is -2.13. The molecule has 0 aliphatic heterocycles. The van der Waals surface area contributed by atoms with Crippen molar-refractivity contribution < 1.29 is 9.13 Å². The summed E-state index contributed by atoms with van der Waals surface area (Å²) in [5.41, 5.74) is 1.57. The molecule has 5 rings (SSSR count). The molecule has 0 bridgehead atoms. The number of ether oxygens (including phenoxy) is 1. The number of benzene rings is 4. The minimum atomic E-state index is -0.320. The quantitative estimate of drug-likeness (QED) is 0.189. The molecule has 0 aliphatic rings. The Kier molecular flexibility index (Phi) is 7.42. The minimum Gasteiger partial charge on any atom is -0.488 e. The first kappa shape index (κ1) is 24.8. The van der Waals surface area contributed by atoms with Gasteiger partial charge in [-0.25, -0.2) is 9.37 Å². The van der Waals surface area contributed by atoms with Gasteiger partial charge in [-0.2, -0.15) is 9.78 Å². The van der Waals surface area contributed by atoms with Crippen molar-refractivity contribution in [1.82, 2.24) is 9.66 Å². The summed E-state index contributed by atoms with van der Waals surface area (Å²) < 4.78 is 22.5. The van der Waals surface area contributed by atoms with Gasteiger partial charge in [0.1, 0.15) is 24.0 Å². The number of halogens is 2. The maximum Gasteiger partial charge on any atom is 0.282 e. The molecule has 5 aromatic rings. The number of unbranched alkanes of at least 4 members (excludes halogenated alkanes) is 1. The summed E-state index contributed by atoms with van der Waals surface area (Å²) in [5, 5.41) is 7.04. The van der Waals surface area contributed by atoms with E-state index in [2.05, 4.69) is 28.0 Å². The van der Waals surface area contributed by atoms with E-state index >= 15 is 0 Å². The first-order valence-electron chi connectivity index (χ1n) is 12.2. The van der Waals surface area contributed by atoms with Crippen LogP contribution in [0.1, 0.15) is 36.7 Å². The molecule has 0 saturated heterocycles. The minimum absolute atomic E-state index is 0.0686. The first-order chi connectivity index (χ1) is 18.0. The van der Waals surface area contributed by atoms with Crippen molar-refractivity contribution in [1.29, 1.82) is 0 Å². The van der Waals surface area contributed by atoms with E-state index in [1.54, 1.807) is 30.5 Å². The van der Waals surface area contributed by atoms with Gasteiger partial charge in [-0.15, -0.1) is 0 Å². The second-order valence-corrected chi connectivity index (χ2v) is 9.65. The van der Waals surface area contributed by atoms with Crippen molar-refractivity contribution in [2.24, 2.45) is 5.10 Å². The van der Waals surface area contributed by atoms with Crippen molar-refractivity contribution in [3.05, 3.63) is 116 Å². The lowest BCUT2D eigenvalue weighted by atomic mass is 10.0. The summed E-state index contributed by atoms with van der Waals surface area (Å²) >= 11 is 3.45. The van der Waals surface area contributed by atoms with Crippen LogP contribution in [-0.2, 0) is 13.0 Å². The van der Waals surface area contributed by atoms with Crippen LogP contribution in [0.25, 0.3) is 21.7 Å². The van der Waals surface area contributed by atoms with Gasteiger partial charge in [0.05, 0.1) is 17.1 Å². The predicted molar refractivity (Wildman–Crippen MR) is 150 cm³/mol. The zero-order chi connectivity index (χ0) is 25.8. The smallest absolute Gasteiger partial charge is 0.282 e. The number of aryl methyl sites for hydroxylation is 1. The molecule has 5 nitrogen and oxygen atoms in total. The first-order valence-corrected chi connectivity index (χ1v) is 13.0. The summed E-state index contributed by atoms with van der Waals surface area (Å²) in [6.45, 7) is 2.16. The van der Waals surface area contributed by atoms with E-state index < -0.39 is 0 Å². The van der Waals surface area contributed by atoms with E-state index in [-0.39, 0.29) is 18.0 Å². The number of fused-ring (bicyclic) bond motifs is 2. The average Bonchev–Trinajstić information content (AvgIpc) is 2.91. The molecule has 0 aliphatic carbocycles. The maximum atomic E-state index is 14.2. The summed E-state index contributed by atoms with van der Waals surface area (Å²) in [6, 6.07) is 23.7. The highest BCUT2D eigenvalue weighted by Crippen LogP contribution is 2.28. The van der Waals surface area contributed by atoms with Gasteiger partial charge in [-0.1, -0.05) is 77.8 Å². The number of rotatable bonds is 8. The van der Waals surface area contributed by atoms with E-state index in [9.17, 15) is 9.18 Å². The van der Waals surface area contributed by atoms with Gasteiger partial charge in [0.25, 0.3) is 5.56 Å². The Morgan fingerprint density at radius 2 is 1.84 bits per heavy atom. The number of hydrogen-bond acceptors (Lipinski definition) is 4. The van der Waals surface area contributed by atoms with Crippen molar-refractivity contribution >= 4 is 43.8 Å². The molecular formula is C30H25BrFN3O2. The van der Waals surface area contributed by atoms with Crippen LogP contribution in [0, 0.1) is 5.82 Å². The Balaban J connectivity index is 1.61. The summed E-state index contributed by atoms with van der Waals surface area (Å²) in [4.78, 5) is 18.3. The number of aromatic nitrogens is 2. The van der Waals surface area contributed by atoms with Gasteiger partial charge in [0.2, 0.25) is 0 Å². The highest BCUT2D eigenvalue weighted by molar-refractivity contribution is 9.10. The lowest BCUT2D eigenvalue weighted by Crippen LogP contribution is -2.22. The van der Waals surface area contributed by atoms with Gasteiger partial charge >= 0.3 is 0 Å². The van der Waals surface area contributed by atoms with Crippen LogP contribution in [0.4, 0.5) is 4.39 Å². The van der Waals surface area contributed by atoms with Crippen molar-refractivity contribution in [3.63, 3.8) is 0 Å². The monoisotopic (exact) mass is 557 g/mol. The topological polar surface area (TPSA) is 56.5 Å². The molecule has 186 valence electrons. The molecule has 0 atom stereocenters. The second-order valence-electron chi connectivity index (χ2n) is 8.73. The number of hydrogen-bond donors (Lipinski definition) is 0. The van der Waals surface area contributed by atoms with Crippen LogP contribution < -0.4 is 10.3 Å². The van der Waals surface area contributed by atoms with Crippen LogP contribution in [0.2, 0.25) is 0 Å². The third-order valence-corrected chi connectivity index (χ3v) is 6.70. The standard InChI is InChI=1S/C30H25BrFN3O2/c1-2-3-12-29-34-27-15-14-22(31)17-24(27)30(36)35(29)33-18-25-23-10-6-4-8-20(23)13-16-28(25)37-19-21-9-5-7-11-26(21)32/h4-11,13-18H,2-3,12,19H2,1H3. The van der Waals surface area contributed by atoms with Gasteiger partial charge in [-0.05, 0) is 47.5 Å². The Bertz CT molecular complexity index is 1680. The van der Waals surface area contributed by atoms with Crippen LogP contribution in [-0.4, -0.2) is 15.9 Å². The molecule has 1 heterocycles. The third-order valence-electron chi connectivity index (χ3n) is 6.20. The van der Waals surface area contributed by atoms with Gasteiger partial charge < -0.3 is 4.74 Å². The van der Waals surface area contributed by atoms with Crippen molar-refractivity contribution in [2.75, 3.05) is 0 Å². The average molecular weight is 558 g/mol. The van der Waals surface area contributed by atoms with E-state index in [0.717, 1.165) is 28.1 Å². The molecule has 4 aromatic carbocycles. The Labute approximate surface area is 222 Å². The normalized spacial score (nSPS) is 11.5. The highest BCUT2D eigenvalue weighted by atomic mass is 79.9. The summed E-state index contributed by atoms with van der Waals surface area (Å²) in [6.07, 6.45) is 4.12. The molecule has 0 amide bonds. The van der Waals surface area contributed by atoms with Crippen LogP contribution in [0.3, 0.4) is 0 Å². The van der Waals surface area contributed by atoms with Gasteiger partial charge in [0.15, 0.2) is 0 Å². The zero-order valence-electron chi connectivity index (χ0n) is 20.3. The molecule has 0 saturated carbocycles. The molecule has 0 fully saturated rings. The van der Waals surface area contributed by atoms with Crippen molar-refractivity contribution in [3.8, 4) is 5.75 Å². The molecule has 7 heteroatoms. The fourth-order valence-corrected chi connectivity index (χ4v) is 4.59. The Hall–Kier alpha value is -3.84. The molecule has 1 aromatic heterocycles. The third kappa shape index (κ3) is 5.32. The Morgan fingerprint density at radius 3 is 2.68 bits per heavy atom. The van der Waals surface area contributed by atoms with Gasteiger partial charge in [-0.3, -0.25) is 4.79 Å². The largest absolute Gasteiger partial charge is 0.488 e.